The van der Waals surface area contributed by atoms with Crippen molar-refractivity contribution >= 4 is 50.7 Å². The summed E-state index contributed by atoms with van der Waals surface area (Å²) in [5.41, 5.74) is 11.7. The molecule has 0 radical (unpaired) electrons. The molecule has 222 valence electrons. The summed E-state index contributed by atoms with van der Waals surface area (Å²) in [6, 6.07) is 11.6. The molecule has 0 bridgehead atoms. The van der Waals surface area contributed by atoms with E-state index in [1.165, 1.54) is 0 Å². The molecule has 7 nitrogen and oxygen atoms in total. The summed E-state index contributed by atoms with van der Waals surface area (Å²) in [6.07, 6.45) is 5.37. The van der Waals surface area contributed by atoms with E-state index in [9.17, 15) is 5.26 Å². The summed E-state index contributed by atoms with van der Waals surface area (Å²) in [6.45, 7) is 6.87. The number of nitrogens with zero attached hydrogens (tertiary/aromatic N) is 5. The highest BCUT2D eigenvalue weighted by Gasteiger charge is 2.41. The zero-order chi connectivity index (χ0) is 30.6. The van der Waals surface area contributed by atoms with E-state index in [2.05, 4.69) is 41.0 Å². The van der Waals surface area contributed by atoms with Crippen LogP contribution in [-0.2, 0) is 13.5 Å². The minimum Gasteiger partial charge on any atom is -0.374 e. The Balaban J connectivity index is 1.67. The van der Waals surface area contributed by atoms with Crippen LogP contribution in [0, 0.1) is 35.9 Å². The lowest BCUT2D eigenvalue weighted by atomic mass is 9.70. The molecule has 1 fully saturated rings. The number of nitriles is 1. The number of pyridine rings is 1. The molecule has 3 heterocycles. The Bertz CT molecular complexity index is 1900. The maximum Gasteiger partial charge on any atom is 0.157 e. The summed E-state index contributed by atoms with van der Waals surface area (Å²) in [5, 5.41) is 19.7. The van der Waals surface area contributed by atoms with E-state index in [4.69, 9.17) is 33.9 Å². The van der Waals surface area contributed by atoms with Crippen LogP contribution in [0.5, 0.6) is 0 Å². The highest BCUT2D eigenvalue weighted by atomic mass is 35.5. The second-order valence-corrected chi connectivity index (χ2v) is 12.5. The molecule has 2 aromatic carbocycles. The fourth-order valence-corrected chi connectivity index (χ4v) is 7.28. The highest BCUT2D eigenvalue weighted by molar-refractivity contribution is 6.43. The fourth-order valence-electron chi connectivity index (χ4n) is 6.88. The second kappa shape index (κ2) is 11.5. The number of nitrogens with one attached hydrogen (secondary N) is 1. The lowest BCUT2D eigenvalue weighted by molar-refractivity contribution is 0.103. The van der Waals surface area contributed by atoms with Crippen molar-refractivity contribution in [3.63, 3.8) is 0 Å². The van der Waals surface area contributed by atoms with Gasteiger partial charge in [-0.2, -0.15) is 10.4 Å². The number of benzene rings is 2. The highest BCUT2D eigenvalue weighted by Crippen LogP contribution is 2.49. The van der Waals surface area contributed by atoms with E-state index in [0.29, 0.717) is 51.9 Å². The molecule has 0 saturated heterocycles. The van der Waals surface area contributed by atoms with Crippen LogP contribution < -0.4 is 11.1 Å². The third kappa shape index (κ3) is 4.94. The van der Waals surface area contributed by atoms with Crippen molar-refractivity contribution in [3.05, 3.63) is 75.5 Å². The van der Waals surface area contributed by atoms with Crippen LogP contribution in [0.25, 0.3) is 32.9 Å². The number of nitrogens with two attached hydrogens (primary N) is 1. The maximum absolute atomic E-state index is 16.9. The summed E-state index contributed by atoms with van der Waals surface area (Å²) in [5.74, 6) is 0.225. The van der Waals surface area contributed by atoms with Gasteiger partial charge in [-0.3, -0.25) is 4.68 Å². The van der Waals surface area contributed by atoms with Crippen molar-refractivity contribution in [2.24, 2.45) is 24.6 Å². The molecule has 5 aromatic rings. The monoisotopic (exact) mass is 617 g/mol. The first-order valence-corrected chi connectivity index (χ1v) is 15.3. The average molecular weight is 619 g/mol. The minimum atomic E-state index is -0.465. The van der Waals surface area contributed by atoms with Crippen LogP contribution in [0.1, 0.15) is 55.7 Å². The predicted molar refractivity (Wildman–Crippen MR) is 172 cm³/mol. The Morgan fingerprint density at radius 1 is 1.26 bits per heavy atom. The third-order valence-electron chi connectivity index (χ3n) is 8.91. The maximum atomic E-state index is 16.9. The number of fused-ring (bicyclic) bond motifs is 3. The number of anilines is 1. The Kier molecular flexibility index (Phi) is 7.84. The molecule has 1 saturated carbocycles. The summed E-state index contributed by atoms with van der Waals surface area (Å²) < 4.78 is 21.0. The van der Waals surface area contributed by atoms with Gasteiger partial charge in [0, 0.05) is 59.0 Å². The van der Waals surface area contributed by atoms with Crippen LogP contribution in [0.3, 0.4) is 0 Å². The molecule has 4 atom stereocenters. The first-order chi connectivity index (χ1) is 20.6. The minimum absolute atomic E-state index is 0.0790. The van der Waals surface area contributed by atoms with Crippen molar-refractivity contribution in [3.8, 4) is 17.2 Å². The van der Waals surface area contributed by atoms with Crippen LogP contribution in [-0.4, -0.2) is 25.9 Å². The van der Waals surface area contributed by atoms with Crippen molar-refractivity contribution in [1.29, 1.82) is 5.26 Å². The standard InChI is InChI=1S/C33H34Cl2FN7/c1-17-11-21(14-38)32(17)43-27(19(3)40-22-15-39-42(4)16-22)13-24-18(2)41-31-25(33(24)43)12-20(7-6-10-37)28(30(31)36)23-8-5-9-26(34)29(23)35/h5,8-9,12-13,15-17,19,21,32,40H,6-7,11,14,38H2,1-4H3/t17-,19+,21+,32+/m0/s1. The van der Waals surface area contributed by atoms with Gasteiger partial charge in [-0.15, -0.1) is 0 Å². The molecular weight excluding hydrogens is 584 g/mol. The third-order valence-corrected chi connectivity index (χ3v) is 9.73. The van der Waals surface area contributed by atoms with E-state index >= 15 is 4.39 Å². The number of hydrogen-bond acceptors (Lipinski definition) is 5. The SMILES string of the molecule is Cc1nc2c(F)c(-c3cccc(Cl)c3Cl)c(CCC#N)cc2c2c1cc([C@@H](C)Nc1cnn(C)c1)n2[C@H]1[C@@H](CN)C[C@@H]1C. The second-order valence-electron chi connectivity index (χ2n) is 11.7. The molecule has 43 heavy (non-hydrogen) atoms. The molecule has 3 aromatic heterocycles. The van der Waals surface area contributed by atoms with E-state index in [1.54, 1.807) is 29.1 Å². The van der Waals surface area contributed by atoms with E-state index in [0.717, 1.165) is 34.4 Å². The van der Waals surface area contributed by atoms with Crippen LogP contribution in [0.15, 0.2) is 42.7 Å². The van der Waals surface area contributed by atoms with Gasteiger partial charge in [0.15, 0.2) is 5.82 Å². The fraction of sp³-hybridized carbons (Fsp3) is 0.364. The number of hydrogen-bond donors (Lipinski definition) is 2. The van der Waals surface area contributed by atoms with E-state index in [-0.39, 0.29) is 29.0 Å². The summed E-state index contributed by atoms with van der Waals surface area (Å²) >= 11 is 13.0. The van der Waals surface area contributed by atoms with Gasteiger partial charge < -0.3 is 15.6 Å². The van der Waals surface area contributed by atoms with Gasteiger partial charge in [0.1, 0.15) is 5.52 Å². The molecule has 1 aliphatic rings. The van der Waals surface area contributed by atoms with Gasteiger partial charge >= 0.3 is 0 Å². The zero-order valence-corrected chi connectivity index (χ0v) is 26.1. The largest absolute Gasteiger partial charge is 0.374 e. The van der Waals surface area contributed by atoms with Crippen LogP contribution in [0.2, 0.25) is 10.0 Å². The lowest BCUT2D eigenvalue weighted by Gasteiger charge is -2.45. The first kappa shape index (κ1) is 29.4. The molecule has 1 aliphatic carbocycles. The summed E-state index contributed by atoms with van der Waals surface area (Å²) in [7, 11) is 1.89. The van der Waals surface area contributed by atoms with Gasteiger partial charge in [-0.1, -0.05) is 42.3 Å². The molecule has 10 heteroatoms. The number of rotatable bonds is 8. The Hall–Kier alpha value is -3.64. The van der Waals surface area contributed by atoms with Gasteiger partial charge in [0.2, 0.25) is 0 Å². The Morgan fingerprint density at radius 3 is 2.72 bits per heavy atom. The molecular formula is C33H34Cl2FN7. The van der Waals surface area contributed by atoms with E-state index in [1.807, 2.05) is 26.2 Å². The van der Waals surface area contributed by atoms with Gasteiger partial charge in [0.05, 0.1) is 39.6 Å². The van der Waals surface area contributed by atoms with Gasteiger partial charge in [-0.05, 0) is 68.8 Å². The zero-order valence-electron chi connectivity index (χ0n) is 24.6. The Labute approximate surface area is 260 Å². The Morgan fingerprint density at radius 2 is 2.05 bits per heavy atom. The lowest BCUT2D eigenvalue weighted by Crippen LogP contribution is -2.42. The number of aromatic nitrogens is 4. The van der Waals surface area contributed by atoms with Gasteiger partial charge in [0.25, 0.3) is 0 Å². The molecule has 0 unspecified atom stereocenters. The molecule has 6 rings (SSSR count). The predicted octanol–water partition coefficient (Wildman–Crippen LogP) is 8.13. The van der Waals surface area contributed by atoms with Crippen molar-refractivity contribution in [2.45, 2.75) is 52.1 Å². The van der Waals surface area contributed by atoms with Crippen molar-refractivity contribution in [1.82, 2.24) is 19.3 Å². The van der Waals surface area contributed by atoms with Crippen molar-refractivity contribution < 1.29 is 4.39 Å². The topological polar surface area (TPSA) is 97.5 Å². The van der Waals surface area contributed by atoms with Gasteiger partial charge in [-0.25, -0.2) is 9.37 Å². The smallest absolute Gasteiger partial charge is 0.157 e. The first-order valence-electron chi connectivity index (χ1n) is 14.6. The van der Waals surface area contributed by atoms with Crippen molar-refractivity contribution in [2.75, 3.05) is 11.9 Å². The quantitative estimate of drug-likeness (QED) is 0.183. The molecule has 0 aliphatic heterocycles. The average Bonchev–Trinajstić information content (AvgIpc) is 3.57. The normalized spacial score (nSPS) is 19.0. The molecule has 3 N–H and O–H groups in total. The van der Waals surface area contributed by atoms with E-state index < -0.39 is 5.82 Å². The molecule has 0 spiro atoms. The van der Waals surface area contributed by atoms with Crippen LogP contribution >= 0.6 is 23.2 Å². The summed E-state index contributed by atoms with van der Waals surface area (Å²) in [4.78, 5) is 4.84. The number of halogens is 3. The van der Waals surface area contributed by atoms with Crippen LogP contribution in [0.4, 0.5) is 10.1 Å². The molecule has 0 amide bonds. The number of aryl methyl sites for hydroxylation is 3.